The molecule has 0 heterocycles. The van der Waals surface area contributed by atoms with Gasteiger partial charge in [-0.25, -0.2) is 0 Å². The molecule has 0 unspecified atom stereocenters. The van der Waals surface area contributed by atoms with Crippen LogP contribution in [0.2, 0.25) is 0 Å². The summed E-state index contributed by atoms with van der Waals surface area (Å²) >= 11 is 8.36. The van der Waals surface area contributed by atoms with Crippen LogP contribution in [0, 0.1) is 0 Å². The number of unbranched alkanes of at least 4 members (excludes halogenated alkanes) is 1. The van der Waals surface area contributed by atoms with Gasteiger partial charge in [-0.3, -0.25) is 10.1 Å². The van der Waals surface area contributed by atoms with Crippen molar-refractivity contribution < 1.29 is 22.7 Å². The third-order valence-corrected chi connectivity index (χ3v) is 4.31. The van der Waals surface area contributed by atoms with Crippen LogP contribution in [-0.2, 0) is 6.18 Å². The van der Waals surface area contributed by atoms with E-state index < -0.39 is 17.6 Å². The zero-order valence-electron chi connectivity index (χ0n) is 14.9. The van der Waals surface area contributed by atoms with Crippen LogP contribution in [0.15, 0.2) is 46.9 Å². The van der Waals surface area contributed by atoms with E-state index >= 15 is 0 Å². The normalized spacial score (nSPS) is 11.0. The van der Waals surface area contributed by atoms with Crippen LogP contribution in [0.1, 0.15) is 35.7 Å². The number of ether oxygens (including phenoxy) is 1. The molecule has 150 valence electrons. The molecule has 0 aliphatic carbocycles. The van der Waals surface area contributed by atoms with E-state index in [9.17, 15) is 18.0 Å². The second kappa shape index (κ2) is 9.88. The third-order valence-electron chi connectivity index (χ3n) is 3.62. The number of halogens is 4. The van der Waals surface area contributed by atoms with Crippen molar-refractivity contribution in [1.29, 1.82) is 0 Å². The van der Waals surface area contributed by atoms with E-state index in [2.05, 4.69) is 26.6 Å². The van der Waals surface area contributed by atoms with Crippen molar-refractivity contribution >= 4 is 44.9 Å². The van der Waals surface area contributed by atoms with Crippen LogP contribution in [0.3, 0.4) is 0 Å². The lowest BCUT2D eigenvalue weighted by atomic mass is 10.2. The minimum absolute atomic E-state index is 0.119. The third kappa shape index (κ3) is 6.49. The van der Waals surface area contributed by atoms with Crippen molar-refractivity contribution in [3.63, 3.8) is 0 Å². The molecule has 9 heteroatoms. The summed E-state index contributed by atoms with van der Waals surface area (Å²) in [5.41, 5.74) is -0.433. The monoisotopic (exact) mass is 474 g/mol. The Bertz CT molecular complexity index is 859. The number of hydrogen-bond donors (Lipinski definition) is 2. The molecule has 0 spiro atoms. The average Bonchev–Trinajstić information content (AvgIpc) is 2.62. The molecule has 0 radical (unpaired) electrons. The number of nitrogens with one attached hydrogen (secondary N) is 2. The molecule has 0 fully saturated rings. The van der Waals surface area contributed by atoms with Crippen LogP contribution < -0.4 is 15.4 Å². The van der Waals surface area contributed by atoms with Gasteiger partial charge < -0.3 is 10.1 Å². The Morgan fingerprint density at radius 3 is 2.64 bits per heavy atom. The topological polar surface area (TPSA) is 50.4 Å². The van der Waals surface area contributed by atoms with E-state index in [1.165, 1.54) is 12.1 Å². The summed E-state index contributed by atoms with van der Waals surface area (Å²) in [7, 11) is 0. The number of benzene rings is 2. The van der Waals surface area contributed by atoms with Crippen molar-refractivity contribution in [3.8, 4) is 5.75 Å². The molecule has 4 nitrogen and oxygen atoms in total. The van der Waals surface area contributed by atoms with Gasteiger partial charge in [0.05, 0.1) is 17.7 Å². The lowest BCUT2D eigenvalue weighted by molar-refractivity contribution is -0.137. The Labute approximate surface area is 174 Å². The highest BCUT2D eigenvalue weighted by molar-refractivity contribution is 9.10. The molecule has 2 rings (SSSR count). The van der Waals surface area contributed by atoms with Gasteiger partial charge in [-0.2, -0.15) is 13.2 Å². The summed E-state index contributed by atoms with van der Waals surface area (Å²) in [6, 6.07) is 9.54. The average molecular weight is 475 g/mol. The Kier molecular flexibility index (Phi) is 7.82. The summed E-state index contributed by atoms with van der Waals surface area (Å²) in [6.45, 7) is 2.49. The van der Waals surface area contributed by atoms with E-state index in [0.717, 1.165) is 25.0 Å². The Morgan fingerprint density at radius 1 is 1.21 bits per heavy atom. The van der Waals surface area contributed by atoms with Gasteiger partial charge in [-0.1, -0.05) is 35.3 Å². The zero-order chi connectivity index (χ0) is 20.7. The van der Waals surface area contributed by atoms with Crippen molar-refractivity contribution in [2.45, 2.75) is 25.9 Å². The standard InChI is InChI=1S/C19H18BrF3N2O2S/c1-2-3-9-27-16-8-7-13(20)11-15(16)17(26)25-18(28)24-14-6-4-5-12(10-14)19(21,22)23/h4-8,10-11H,2-3,9H2,1H3,(H2,24,25,26,28). The summed E-state index contributed by atoms with van der Waals surface area (Å²) < 4.78 is 44.7. The summed E-state index contributed by atoms with van der Waals surface area (Å²) in [4.78, 5) is 12.6. The molecule has 2 aromatic rings. The number of alkyl halides is 3. The van der Waals surface area contributed by atoms with Crippen LogP contribution in [-0.4, -0.2) is 17.6 Å². The van der Waals surface area contributed by atoms with Gasteiger partial charge in [-0.15, -0.1) is 0 Å². The fraction of sp³-hybridized carbons (Fsp3) is 0.263. The number of anilines is 1. The van der Waals surface area contributed by atoms with E-state index in [1.807, 2.05) is 6.92 Å². The minimum atomic E-state index is -4.47. The molecule has 0 saturated carbocycles. The Morgan fingerprint density at radius 2 is 1.96 bits per heavy atom. The van der Waals surface area contributed by atoms with Gasteiger partial charge >= 0.3 is 6.18 Å². The first-order valence-electron chi connectivity index (χ1n) is 8.42. The lowest BCUT2D eigenvalue weighted by Crippen LogP contribution is -2.34. The number of thiocarbonyl (C=S) groups is 1. The molecule has 28 heavy (non-hydrogen) atoms. The van der Waals surface area contributed by atoms with E-state index in [4.69, 9.17) is 17.0 Å². The minimum Gasteiger partial charge on any atom is -0.493 e. The highest BCUT2D eigenvalue weighted by Crippen LogP contribution is 2.30. The number of carbonyl (C=O) groups is 1. The number of hydrogen-bond acceptors (Lipinski definition) is 3. The maximum Gasteiger partial charge on any atom is 0.416 e. The first-order valence-corrected chi connectivity index (χ1v) is 9.62. The first kappa shape index (κ1) is 22.2. The van der Waals surface area contributed by atoms with Crippen LogP contribution in [0.25, 0.3) is 0 Å². The maximum atomic E-state index is 12.8. The quantitative estimate of drug-likeness (QED) is 0.411. The molecule has 0 aliphatic rings. The molecule has 2 aromatic carbocycles. The fourth-order valence-electron chi connectivity index (χ4n) is 2.24. The predicted octanol–water partition coefficient (Wildman–Crippen LogP) is 5.77. The van der Waals surface area contributed by atoms with E-state index in [0.29, 0.717) is 16.8 Å². The molecular formula is C19H18BrF3N2O2S. The van der Waals surface area contributed by atoms with E-state index in [1.54, 1.807) is 18.2 Å². The van der Waals surface area contributed by atoms with Gasteiger partial charge in [-0.05, 0) is 55.0 Å². The van der Waals surface area contributed by atoms with Gasteiger partial charge in [0, 0.05) is 10.2 Å². The van der Waals surface area contributed by atoms with Crippen molar-refractivity contribution in [3.05, 3.63) is 58.1 Å². The zero-order valence-corrected chi connectivity index (χ0v) is 17.3. The van der Waals surface area contributed by atoms with Crippen LogP contribution >= 0.6 is 28.1 Å². The highest BCUT2D eigenvalue weighted by atomic mass is 79.9. The number of rotatable bonds is 6. The summed E-state index contributed by atoms with van der Waals surface area (Å²) in [5.74, 6) is -0.131. The Balaban J connectivity index is 2.08. The van der Waals surface area contributed by atoms with Crippen molar-refractivity contribution in [2.75, 3.05) is 11.9 Å². The van der Waals surface area contributed by atoms with Gasteiger partial charge in [0.15, 0.2) is 5.11 Å². The second-order valence-corrected chi connectivity index (χ2v) is 7.15. The Hall–Kier alpha value is -2.13. The molecule has 0 aromatic heterocycles. The molecule has 0 saturated heterocycles. The molecular weight excluding hydrogens is 457 g/mol. The molecule has 0 bridgehead atoms. The van der Waals surface area contributed by atoms with Crippen LogP contribution in [0.4, 0.5) is 18.9 Å². The van der Waals surface area contributed by atoms with Crippen LogP contribution in [0.5, 0.6) is 5.75 Å². The SMILES string of the molecule is CCCCOc1ccc(Br)cc1C(=O)NC(=S)Nc1cccc(C(F)(F)F)c1. The largest absolute Gasteiger partial charge is 0.493 e. The smallest absolute Gasteiger partial charge is 0.416 e. The first-order chi connectivity index (χ1) is 13.2. The van der Waals surface area contributed by atoms with Crippen molar-refractivity contribution in [1.82, 2.24) is 5.32 Å². The van der Waals surface area contributed by atoms with Gasteiger partial charge in [0.2, 0.25) is 0 Å². The predicted molar refractivity (Wildman–Crippen MR) is 110 cm³/mol. The molecule has 2 N–H and O–H groups in total. The number of amides is 1. The molecule has 0 atom stereocenters. The summed E-state index contributed by atoms with van der Waals surface area (Å²) in [6.07, 6.45) is -2.68. The van der Waals surface area contributed by atoms with Crippen molar-refractivity contribution in [2.24, 2.45) is 0 Å². The van der Waals surface area contributed by atoms with E-state index in [-0.39, 0.29) is 16.4 Å². The fourth-order valence-corrected chi connectivity index (χ4v) is 2.81. The second-order valence-electron chi connectivity index (χ2n) is 5.83. The molecule has 1 amide bonds. The highest BCUT2D eigenvalue weighted by Gasteiger charge is 2.30. The summed E-state index contributed by atoms with van der Waals surface area (Å²) in [5, 5.41) is 4.93. The lowest BCUT2D eigenvalue weighted by Gasteiger charge is -2.14. The maximum absolute atomic E-state index is 12.8. The molecule has 0 aliphatic heterocycles. The van der Waals surface area contributed by atoms with Gasteiger partial charge in [0.25, 0.3) is 5.91 Å². The van der Waals surface area contributed by atoms with Gasteiger partial charge in [0.1, 0.15) is 5.75 Å². The number of carbonyl (C=O) groups excluding carboxylic acids is 1.